The van der Waals surface area contributed by atoms with E-state index in [1.807, 2.05) is 0 Å². The molecule has 0 saturated carbocycles. The molecule has 0 N–H and O–H groups in total. The number of carbonyl (C=O) groups excluding carboxylic acids is 1. The van der Waals surface area contributed by atoms with E-state index in [0.717, 1.165) is 10.4 Å². The van der Waals surface area contributed by atoms with E-state index in [0.29, 0.717) is 52.4 Å². The van der Waals surface area contributed by atoms with Crippen LogP contribution in [0.2, 0.25) is 0 Å². The van der Waals surface area contributed by atoms with Crippen LogP contribution in [0.25, 0.3) is 10.2 Å². The van der Waals surface area contributed by atoms with E-state index >= 15 is 0 Å². The zero-order valence-electron chi connectivity index (χ0n) is 18.7. The molecule has 2 aromatic carbocycles. The number of benzene rings is 2. The summed E-state index contributed by atoms with van der Waals surface area (Å²) in [4.78, 5) is 34.3. The number of ether oxygens (including phenoxy) is 2. The van der Waals surface area contributed by atoms with Crippen molar-refractivity contribution in [2.24, 2.45) is 0 Å². The van der Waals surface area contributed by atoms with Crippen LogP contribution in [0.3, 0.4) is 0 Å². The largest absolute Gasteiger partial charge is 0.497 e. The third kappa shape index (κ3) is 3.81. The molecule has 1 amide bonds. The molecule has 7 nitrogen and oxygen atoms in total. The highest BCUT2D eigenvalue weighted by Crippen LogP contribution is 2.34. The highest BCUT2D eigenvalue weighted by atomic mass is 32.1. The van der Waals surface area contributed by atoms with Gasteiger partial charge in [-0.15, -0.1) is 11.3 Å². The summed E-state index contributed by atoms with van der Waals surface area (Å²) in [7, 11) is 3.08. The Morgan fingerprint density at radius 2 is 2.00 bits per heavy atom. The summed E-state index contributed by atoms with van der Waals surface area (Å²) in [5.74, 6) is 0.554. The molecule has 174 valence electrons. The molecule has 5 rings (SSSR count). The van der Waals surface area contributed by atoms with Gasteiger partial charge >= 0.3 is 0 Å². The van der Waals surface area contributed by atoms with Crippen molar-refractivity contribution in [3.05, 3.63) is 86.5 Å². The monoisotopic (exact) mass is 479 g/mol. The molecule has 0 saturated heterocycles. The van der Waals surface area contributed by atoms with Gasteiger partial charge in [-0.05, 0) is 30.2 Å². The van der Waals surface area contributed by atoms with Crippen molar-refractivity contribution in [2.75, 3.05) is 20.8 Å². The molecule has 0 radical (unpaired) electrons. The number of nitrogens with zero attached hydrogens (tertiary/aromatic N) is 3. The fourth-order valence-corrected chi connectivity index (χ4v) is 5.45. The van der Waals surface area contributed by atoms with Crippen LogP contribution < -0.4 is 15.0 Å². The molecule has 0 fully saturated rings. The minimum absolute atomic E-state index is 0.112. The van der Waals surface area contributed by atoms with Gasteiger partial charge in [0.15, 0.2) is 0 Å². The standard InChI is InChI=1S/C25H22FN3O4S/c1-32-16-7-8-17(20(11-16)33-2)24(30)28-10-9-18-21(13-28)34-23-22(18)25(31)29(14-27-23)12-15-5-3-4-6-19(15)26/h3-8,11,14H,9-10,12-13H2,1-2H3. The van der Waals surface area contributed by atoms with Crippen LogP contribution in [-0.4, -0.2) is 41.1 Å². The summed E-state index contributed by atoms with van der Waals surface area (Å²) in [5.41, 5.74) is 1.62. The molecule has 2 aromatic heterocycles. The van der Waals surface area contributed by atoms with E-state index in [1.165, 1.54) is 35.4 Å². The molecule has 1 aliphatic rings. The summed E-state index contributed by atoms with van der Waals surface area (Å²) >= 11 is 1.42. The second kappa shape index (κ2) is 8.90. The van der Waals surface area contributed by atoms with E-state index in [9.17, 15) is 14.0 Å². The van der Waals surface area contributed by atoms with Crippen LogP contribution in [0.4, 0.5) is 4.39 Å². The van der Waals surface area contributed by atoms with Gasteiger partial charge in [0, 0.05) is 23.1 Å². The van der Waals surface area contributed by atoms with Gasteiger partial charge in [0.1, 0.15) is 22.1 Å². The van der Waals surface area contributed by atoms with E-state index in [4.69, 9.17) is 9.47 Å². The number of carbonyl (C=O) groups is 1. The summed E-state index contributed by atoms with van der Waals surface area (Å²) in [6.45, 7) is 0.965. The molecule has 0 bridgehead atoms. The average Bonchev–Trinajstić information content (AvgIpc) is 3.24. The summed E-state index contributed by atoms with van der Waals surface area (Å²) in [6.07, 6.45) is 2.00. The molecule has 9 heteroatoms. The molecule has 0 unspecified atom stereocenters. The Bertz CT molecular complexity index is 1460. The Hall–Kier alpha value is -3.72. The topological polar surface area (TPSA) is 73.7 Å². The first-order valence-corrected chi connectivity index (χ1v) is 11.6. The number of amides is 1. The highest BCUT2D eigenvalue weighted by Gasteiger charge is 2.28. The lowest BCUT2D eigenvalue weighted by Gasteiger charge is -2.27. The predicted octanol–water partition coefficient (Wildman–Crippen LogP) is 3.86. The Morgan fingerprint density at radius 3 is 2.76 bits per heavy atom. The second-order valence-corrected chi connectivity index (χ2v) is 9.08. The molecule has 0 aliphatic carbocycles. The van der Waals surface area contributed by atoms with Gasteiger partial charge in [-0.1, -0.05) is 18.2 Å². The number of aromatic nitrogens is 2. The smallest absolute Gasteiger partial charge is 0.262 e. The van der Waals surface area contributed by atoms with Gasteiger partial charge in [-0.2, -0.15) is 0 Å². The zero-order chi connectivity index (χ0) is 23.8. The number of hydrogen-bond acceptors (Lipinski definition) is 6. The molecule has 34 heavy (non-hydrogen) atoms. The predicted molar refractivity (Wildman–Crippen MR) is 127 cm³/mol. The van der Waals surface area contributed by atoms with Gasteiger partial charge in [0.2, 0.25) is 0 Å². The molecule has 0 atom stereocenters. The molecular weight excluding hydrogens is 457 g/mol. The molecule has 0 spiro atoms. The zero-order valence-corrected chi connectivity index (χ0v) is 19.5. The van der Waals surface area contributed by atoms with Gasteiger partial charge in [-0.3, -0.25) is 14.2 Å². The molecular formula is C25H22FN3O4S. The van der Waals surface area contributed by atoms with Crippen molar-refractivity contribution in [3.8, 4) is 11.5 Å². The van der Waals surface area contributed by atoms with E-state index in [-0.39, 0.29) is 23.8 Å². The average molecular weight is 480 g/mol. The van der Waals surface area contributed by atoms with E-state index in [2.05, 4.69) is 4.98 Å². The SMILES string of the molecule is COc1ccc(C(=O)N2CCc3c(sc4ncn(Cc5ccccc5F)c(=O)c34)C2)c(OC)c1. The lowest BCUT2D eigenvalue weighted by Crippen LogP contribution is -2.36. The number of halogens is 1. The number of fused-ring (bicyclic) bond motifs is 3. The van der Waals surface area contributed by atoms with E-state index in [1.54, 1.807) is 48.4 Å². The van der Waals surface area contributed by atoms with E-state index < -0.39 is 0 Å². The van der Waals surface area contributed by atoms with Crippen LogP contribution in [-0.2, 0) is 19.5 Å². The number of thiophene rings is 1. The van der Waals surface area contributed by atoms with Crippen molar-refractivity contribution in [1.29, 1.82) is 0 Å². The minimum atomic E-state index is -0.357. The number of methoxy groups -OCH3 is 2. The second-order valence-electron chi connectivity index (χ2n) is 8.00. The summed E-state index contributed by atoms with van der Waals surface area (Å²) < 4.78 is 26.2. The van der Waals surface area contributed by atoms with Crippen molar-refractivity contribution < 1.29 is 18.7 Å². The van der Waals surface area contributed by atoms with Crippen LogP contribution in [0, 0.1) is 5.82 Å². The summed E-state index contributed by atoms with van der Waals surface area (Å²) in [5, 5.41) is 0.563. The number of rotatable bonds is 5. The Kier molecular flexibility index (Phi) is 5.79. The molecule has 3 heterocycles. The Labute approximate surface area is 199 Å². The fraction of sp³-hybridized carbons (Fsp3) is 0.240. The fourth-order valence-electron chi connectivity index (χ4n) is 4.26. The van der Waals surface area contributed by atoms with Crippen molar-refractivity contribution in [3.63, 3.8) is 0 Å². The Morgan fingerprint density at radius 1 is 1.18 bits per heavy atom. The lowest BCUT2D eigenvalue weighted by molar-refractivity contribution is 0.0734. The van der Waals surface area contributed by atoms with Gasteiger partial charge in [-0.25, -0.2) is 9.37 Å². The van der Waals surface area contributed by atoms with Gasteiger partial charge in [0.05, 0.1) is 44.6 Å². The maximum absolute atomic E-state index is 14.1. The first-order valence-electron chi connectivity index (χ1n) is 10.7. The van der Waals surface area contributed by atoms with Gasteiger partial charge in [0.25, 0.3) is 11.5 Å². The van der Waals surface area contributed by atoms with Crippen LogP contribution in [0.5, 0.6) is 11.5 Å². The van der Waals surface area contributed by atoms with Crippen LogP contribution in [0.1, 0.15) is 26.4 Å². The molecule has 1 aliphatic heterocycles. The first kappa shape index (κ1) is 22.1. The molecule has 4 aromatic rings. The normalized spacial score (nSPS) is 13.1. The van der Waals surface area contributed by atoms with Crippen molar-refractivity contribution in [1.82, 2.24) is 14.5 Å². The highest BCUT2D eigenvalue weighted by molar-refractivity contribution is 7.18. The Balaban J connectivity index is 1.45. The third-order valence-corrected chi connectivity index (χ3v) is 7.18. The van der Waals surface area contributed by atoms with Crippen LogP contribution in [0.15, 0.2) is 53.6 Å². The summed E-state index contributed by atoms with van der Waals surface area (Å²) in [6, 6.07) is 11.5. The van der Waals surface area contributed by atoms with Crippen molar-refractivity contribution >= 4 is 27.5 Å². The van der Waals surface area contributed by atoms with Gasteiger partial charge < -0.3 is 14.4 Å². The quantitative estimate of drug-likeness (QED) is 0.435. The first-order chi connectivity index (χ1) is 16.5. The van der Waals surface area contributed by atoms with Crippen molar-refractivity contribution in [2.45, 2.75) is 19.5 Å². The minimum Gasteiger partial charge on any atom is -0.497 e. The third-order valence-electron chi connectivity index (χ3n) is 6.05. The maximum atomic E-state index is 14.1. The van der Waals surface area contributed by atoms with Crippen LogP contribution >= 0.6 is 11.3 Å². The maximum Gasteiger partial charge on any atom is 0.262 e. The number of hydrogen-bond donors (Lipinski definition) is 0. The lowest BCUT2D eigenvalue weighted by atomic mass is 10.0.